The zero-order valence-corrected chi connectivity index (χ0v) is 18.7. The Morgan fingerprint density at radius 2 is 1.76 bits per heavy atom. The summed E-state index contributed by atoms with van der Waals surface area (Å²) >= 11 is 1.43. The number of anilines is 1. The smallest absolute Gasteiger partial charge is 0.368 e. The second kappa shape index (κ2) is 8.75. The molecule has 0 radical (unpaired) electrons. The number of rotatable bonds is 4. The first kappa shape index (κ1) is 22.4. The molecule has 1 aliphatic heterocycles. The number of hydrogen-bond acceptors (Lipinski definition) is 4. The van der Waals surface area contributed by atoms with Crippen LogP contribution < -0.4 is 4.90 Å². The molecule has 0 unspecified atom stereocenters. The summed E-state index contributed by atoms with van der Waals surface area (Å²) in [5.74, 6) is -0.357. The molecule has 0 atom stereocenters. The lowest BCUT2D eigenvalue weighted by Gasteiger charge is -2.36. The van der Waals surface area contributed by atoms with Gasteiger partial charge in [0.1, 0.15) is 5.82 Å². The number of aromatic nitrogens is 2. The number of carbonyl (C=O) groups is 1. The Labute approximate surface area is 196 Å². The quantitative estimate of drug-likeness (QED) is 0.375. The molecule has 2 aromatic carbocycles. The summed E-state index contributed by atoms with van der Waals surface area (Å²) in [4.78, 5) is 21.9. The van der Waals surface area contributed by atoms with Crippen LogP contribution in [0.5, 0.6) is 0 Å². The number of nitrogens with zero attached hydrogens (tertiary/aromatic N) is 4. The Morgan fingerprint density at radius 3 is 2.47 bits per heavy atom. The van der Waals surface area contributed by atoms with E-state index in [2.05, 4.69) is 4.98 Å². The number of piperazine rings is 1. The van der Waals surface area contributed by atoms with Crippen molar-refractivity contribution in [3.05, 3.63) is 77.2 Å². The van der Waals surface area contributed by atoms with E-state index in [1.165, 1.54) is 29.5 Å². The van der Waals surface area contributed by atoms with Gasteiger partial charge in [-0.2, -0.15) is 13.2 Å². The molecule has 0 bridgehead atoms. The van der Waals surface area contributed by atoms with E-state index in [9.17, 15) is 22.4 Å². The first-order valence-electron chi connectivity index (χ1n) is 10.7. The highest BCUT2D eigenvalue weighted by molar-refractivity contribution is 7.15. The fourth-order valence-electron chi connectivity index (χ4n) is 4.08. The summed E-state index contributed by atoms with van der Waals surface area (Å²) in [5.41, 5.74) is 2.14. The Kier molecular flexibility index (Phi) is 5.76. The number of fused-ring (bicyclic) bond motifs is 1. The number of thiazole rings is 1. The van der Waals surface area contributed by atoms with Crippen molar-refractivity contribution in [3.63, 3.8) is 0 Å². The predicted octanol–water partition coefficient (Wildman–Crippen LogP) is 5.11. The van der Waals surface area contributed by atoms with Gasteiger partial charge in [-0.3, -0.25) is 9.20 Å². The third-order valence-corrected chi connectivity index (χ3v) is 6.82. The molecule has 5 rings (SSSR count). The third kappa shape index (κ3) is 4.50. The molecule has 1 amide bonds. The van der Waals surface area contributed by atoms with E-state index in [1.54, 1.807) is 23.1 Å². The van der Waals surface area contributed by atoms with E-state index in [0.29, 0.717) is 37.6 Å². The van der Waals surface area contributed by atoms with E-state index in [-0.39, 0.29) is 18.1 Å². The normalized spacial score (nSPS) is 14.7. The van der Waals surface area contributed by atoms with Gasteiger partial charge in [-0.15, -0.1) is 11.3 Å². The van der Waals surface area contributed by atoms with Crippen LogP contribution in [0.1, 0.15) is 11.3 Å². The number of hydrogen-bond donors (Lipinski definition) is 0. The van der Waals surface area contributed by atoms with E-state index in [4.69, 9.17) is 0 Å². The number of halogens is 4. The van der Waals surface area contributed by atoms with Crippen LogP contribution in [0, 0.1) is 5.82 Å². The standard InChI is InChI=1S/C24H20F4N4OS/c25-18-6-4-16(5-7-18)21-14-32-20(15-34-23(32)29-21)13-22(33)31-10-8-30(9-11-31)19-3-1-2-17(12-19)24(26,27)28/h1-7,12,14-15H,8-11,13H2. The zero-order chi connectivity index (χ0) is 23.9. The van der Waals surface area contributed by atoms with Crippen molar-refractivity contribution < 1.29 is 22.4 Å². The van der Waals surface area contributed by atoms with Crippen molar-refractivity contribution in [1.82, 2.24) is 14.3 Å². The molecule has 1 fully saturated rings. The van der Waals surface area contributed by atoms with Crippen molar-refractivity contribution in [2.75, 3.05) is 31.1 Å². The van der Waals surface area contributed by atoms with Gasteiger partial charge in [0.15, 0.2) is 4.96 Å². The molecular formula is C24H20F4N4OS. The van der Waals surface area contributed by atoms with E-state index in [1.807, 2.05) is 20.9 Å². The van der Waals surface area contributed by atoms with Crippen LogP contribution in [-0.4, -0.2) is 46.4 Å². The zero-order valence-electron chi connectivity index (χ0n) is 17.9. The second-order valence-electron chi connectivity index (χ2n) is 8.11. The van der Waals surface area contributed by atoms with Gasteiger partial charge in [0.25, 0.3) is 0 Å². The van der Waals surface area contributed by atoms with Crippen LogP contribution in [0.2, 0.25) is 0 Å². The van der Waals surface area contributed by atoms with Gasteiger partial charge >= 0.3 is 6.18 Å². The van der Waals surface area contributed by atoms with Gasteiger partial charge in [0.05, 0.1) is 17.7 Å². The van der Waals surface area contributed by atoms with E-state index < -0.39 is 11.7 Å². The Morgan fingerprint density at radius 1 is 1.03 bits per heavy atom. The topological polar surface area (TPSA) is 40.9 Å². The average Bonchev–Trinajstić information content (AvgIpc) is 3.41. The highest BCUT2D eigenvalue weighted by Gasteiger charge is 2.31. The number of benzene rings is 2. The maximum absolute atomic E-state index is 13.2. The SMILES string of the molecule is O=C(Cc1csc2nc(-c3ccc(F)cc3)cn12)N1CCN(c2cccc(C(F)(F)F)c2)CC1. The molecule has 0 saturated carbocycles. The molecule has 1 aliphatic rings. The first-order chi connectivity index (χ1) is 16.3. The van der Waals surface area contributed by atoms with Gasteiger partial charge in [-0.1, -0.05) is 6.07 Å². The van der Waals surface area contributed by atoms with E-state index in [0.717, 1.165) is 28.4 Å². The molecule has 10 heteroatoms. The highest BCUT2D eigenvalue weighted by atomic mass is 32.1. The van der Waals surface area contributed by atoms with Crippen molar-refractivity contribution in [1.29, 1.82) is 0 Å². The fourth-order valence-corrected chi connectivity index (χ4v) is 4.95. The molecule has 1 saturated heterocycles. The lowest BCUT2D eigenvalue weighted by Crippen LogP contribution is -2.49. The maximum Gasteiger partial charge on any atom is 0.416 e. The maximum atomic E-state index is 13.2. The molecule has 5 nitrogen and oxygen atoms in total. The fraction of sp³-hybridized carbons (Fsp3) is 0.250. The molecule has 3 heterocycles. The first-order valence-corrected chi connectivity index (χ1v) is 11.6. The molecule has 176 valence electrons. The molecular weight excluding hydrogens is 468 g/mol. The van der Waals surface area contributed by atoms with Gasteiger partial charge in [0, 0.05) is 54.7 Å². The molecule has 0 aliphatic carbocycles. The minimum atomic E-state index is -4.39. The summed E-state index contributed by atoms with van der Waals surface area (Å²) in [6.45, 7) is 1.80. The summed E-state index contributed by atoms with van der Waals surface area (Å²) in [6, 6.07) is 11.4. The summed E-state index contributed by atoms with van der Waals surface area (Å²) in [7, 11) is 0. The van der Waals surface area contributed by atoms with Gasteiger partial charge in [-0.25, -0.2) is 9.37 Å². The molecule has 34 heavy (non-hydrogen) atoms. The number of alkyl halides is 3. The number of carbonyl (C=O) groups excluding carboxylic acids is 1. The predicted molar refractivity (Wildman–Crippen MR) is 122 cm³/mol. The summed E-state index contributed by atoms with van der Waals surface area (Å²) in [6.07, 6.45) is -2.35. The van der Waals surface area contributed by atoms with Crippen LogP contribution in [0.4, 0.5) is 23.2 Å². The van der Waals surface area contributed by atoms with Gasteiger partial charge in [0.2, 0.25) is 5.91 Å². The average molecular weight is 489 g/mol. The molecule has 0 N–H and O–H groups in total. The Balaban J connectivity index is 1.24. The second-order valence-corrected chi connectivity index (χ2v) is 8.94. The summed E-state index contributed by atoms with van der Waals surface area (Å²) < 4.78 is 54.1. The van der Waals surface area contributed by atoms with Crippen LogP contribution >= 0.6 is 11.3 Å². The lowest BCUT2D eigenvalue weighted by atomic mass is 10.1. The molecule has 2 aromatic heterocycles. The van der Waals surface area contributed by atoms with Crippen LogP contribution in [0.3, 0.4) is 0 Å². The largest absolute Gasteiger partial charge is 0.416 e. The van der Waals surface area contributed by atoms with Crippen LogP contribution in [0.15, 0.2) is 60.1 Å². The highest BCUT2D eigenvalue weighted by Crippen LogP contribution is 2.32. The third-order valence-electron chi connectivity index (χ3n) is 5.93. The van der Waals surface area contributed by atoms with Crippen LogP contribution in [-0.2, 0) is 17.4 Å². The summed E-state index contributed by atoms with van der Waals surface area (Å²) in [5, 5.41) is 1.90. The van der Waals surface area contributed by atoms with E-state index >= 15 is 0 Å². The Hall–Kier alpha value is -3.40. The Bertz CT molecular complexity index is 1320. The lowest BCUT2D eigenvalue weighted by molar-refractivity contribution is -0.137. The van der Waals surface area contributed by atoms with Crippen molar-refractivity contribution in [3.8, 4) is 11.3 Å². The van der Waals surface area contributed by atoms with Crippen molar-refractivity contribution >= 4 is 27.9 Å². The monoisotopic (exact) mass is 488 g/mol. The van der Waals surface area contributed by atoms with Crippen molar-refractivity contribution in [2.24, 2.45) is 0 Å². The van der Waals surface area contributed by atoms with Gasteiger partial charge < -0.3 is 9.80 Å². The number of amides is 1. The number of imidazole rings is 1. The molecule has 0 spiro atoms. The van der Waals surface area contributed by atoms with Gasteiger partial charge in [-0.05, 0) is 42.5 Å². The van der Waals surface area contributed by atoms with Crippen LogP contribution in [0.25, 0.3) is 16.2 Å². The minimum Gasteiger partial charge on any atom is -0.368 e. The minimum absolute atomic E-state index is 0.0413. The molecule has 4 aromatic rings. The van der Waals surface area contributed by atoms with Crippen molar-refractivity contribution in [2.45, 2.75) is 12.6 Å².